The van der Waals surface area contributed by atoms with Gasteiger partial charge < -0.3 is 18.9 Å². The summed E-state index contributed by atoms with van der Waals surface area (Å²) in [7, 11) is 0. The highest BCUT2D eigenvalue weighted by molar-refractivity contribution is 6.01. The van der Waals surface area contributed by atoms with E-state index in [4.69, 9.17) is 13.6 Å². The minimum absolute atomic E-state index is 0.101. The highest BCUT2D eigenvalue weighted by Gasteiger charge is 2.18. The Morgan fingerprint density at radius 1 is 1.13 bits per heavy atom. The van der Waals surface area contributed by atoms with E-state index >= 15 is 0 Å². The maximum atomic E-state index is 12.6. The molecule has 2 aromatic heterocycles. The van der Waals surface area contributed by atoms with Crippen LogP contribution in [-0.4, -0.2) is 46.7 Å². The van der Waals surface area contributed by atoms with Crippen LogP contribution in [0.4, 0.5) is 5.69 Å². The minimum atomic E-state index is -0.477. The van der Waals surface area contributed by atoms with E-state index < -0.39 is 5.97 Å². The van der Waals surface area contributed by atoms with Gasteiger partial charge in [-0.05, 0) is 44.2 Å². The Morgan fingerprint density at radius 2 is 1.97 bits per heavy atom. The number of para-hydroxylation sites is 1. The van der Waals surface area contributed by atoms with Gasteiger partial charge in [0.05, 0.1) is 37.2 Å². The van der Waals surface area contributed by atoms with Gasteiger partial charge in [-0.3, -0.25) is 9.69 Å². The van der Waals surface area contributed by atoms with E-state index in [1.165, 1.54) is 6.26 Å². The molecule has 1 N–H and O–H groups in total. The zero-order valence-electron chi connectivity index (χ0n) is 17.0. The number of hydrogen-bond donors (Lipinski definition) is 1. The number of carbonyl (C=O) groups excluding carboxylic acids is 2. The molecule has 3 rings (SSSR count). The molecule has 0 saturated carbocycles. The normalized spacial score (nSPS) is 10.9. The number of furan rings is 1. The molecule has 1 amide bonds. The number of nitrogens with one attached hydrogen (secondary N) is 1. The number of amides is 1. The van der Waals surface area contributed by atoms with Crippen LogP contribution < -0.4 is 5.32 Å². The van der Waals surface area contributed by atoms with Crippen molar-refractivity contribution in [2.24, 2.45) is 0 Å². The molecule has 0 aliphatic carbocycles. The van der Waals surface area contributed by atoms with Crippen LogP contribution in [0.5, 0.6) is 0 Å². The Bertz CT molecular complexity index is 967. The molecule has 0 atom stereocenters. The predicted molar refractivity (Wildman–Crippen MR) is 109 cm³/mol. The molecule has 30 heavy (non-hydrogen) atoms. The van der Waals surface area contributed by atoms with Crippen molar-refractivity contribution < 1.29 is 23.2 Å². The summed E-state index contributed by atoms with van der Waals surface area (Å²) in [6, 6.07) is 10.2. The third-order valence-corrected chi connectivity index (χ3v) is 4.16. The fourth-order valence-corrected chi connectivity index (χ4v) is 2.91. The lowest BCUT2D eigenvalue weighted by Gasteiger charge is -2.19. The molecule has 0 unspecified atom stereocenters. The molecule has 0 aliphatic rings. The van der Waals surface area contributed by atoms with Gasteiger partial charge in [0, 0.05) is 0 Å². The van der Waals surface area contributed by atoms with Crippen molar-refractivity contribution in [3.63, 3.8) is 0 Å². The Labute approximate surface area is 174 Å². The molecule has 0 fully saturated rings. The summed E-state index contributed by atoms with van der Waals surface area (Å²) in [5.41, 5.74) is 0.727. The molecule has 0 spiro atoms. The molecule has 0 aliphatic heterocycles. The monoisotopic (exact) mass is 412 g/mol. The molecule has 0 bridgehead atoms. The maximum absolute atomic E-state index is 12.6. The molecule has 158 valence electrons. The first-order valence-corrected chi connectivity index (χ1v) is 9.75. The summed E-state index contributed by atoms with van der Waals surface area (Å²) in [5, 5.41) is 10.8. The van der Waals surface area contributed by atoms with Gasteiger partial charge in [-0.15, -0.1) is 10.2 Å². The van der Waals surface area contributed by atoms with Crippen molar-refractivity contribution >= 4 is 17.6 Å². The summed E-state index contributed by atoms with van der Waals surface area (Å²) in [4.78, 5) is 26.6. The number of hydrogen-bond acceptors (Lipinski definition) is 8. The van der Waals surface area contributed by atoms with Crippen LogP contribution >= 0.6 is 0 Å². The molecule has 3 aromatic rings. The number of carbonyl (C=O) groups is 2. The van der Waals surface area contributed by atoms with E-state index in [1.54, 1.807) is 43.3 Å². The van der Waals surface area contributed by atoms with E-state index in [2.05, 4.69) is 15.5 Å². The summed E-state index contributed by atoms with van der Waals surface area (Å²) in [6.07, 6.45) is 2.37. The Hall–Kier alpha value is -3.46. The van der Waals surface area contributed by atoms with Gasteiger partial charge >= 0.3 is 5.97 Å². The molecule has 9 heteroatoms. The molecule has 1 aromatic carbocycles. The Kier molecular flexibility index (Phi) is 7.34. The van der Waals surface area contributed by atoms with E-state index in [0.717, 1.165) is 6.42 Å². The lowest BCUT2D eigenvalue weighted by molar-refractivity contribution is -0.117. The minimum Gasteiger partial charge on any atom is -0.462 e. The van der Waals surface area contributed by atoms with Crippen molar-refractivity contribution in [2.45, 2.75) is 26.8 Å². The zero-order valence-corrected chi connectivity index (χ0v) is 17.0. The second kappa shape index (κ2) is 10.4. The van der Waals surface area contributed by atoms with Gasteiger partial charge in [-0.2, -0.15) is 0 Å². The van der Waals surface area contributed by atoms with Gasteiger partial charge in [0.25, 0.3) is 5.89 Å². The van der Waals surface area contributed by atoms with Crippen molar-refractivity contribution in [1.82, 2.24) is 15.1 Å². The first-order valence-electron chi connectivity index (χ1n) is 9.75. The number of anilines is 1. The maximum Gasteiger partial charge on any atom is 0.340 e. The van der Waals surface area contributed by atoms with Crippen molar-refractivity contribution in [3.05, 3.63) is 54.1 Å². The Balaban J connectivity index is 1.64. The number of ether oxygens (including phenoxy) is 1. The molecule has 0 radical (unpaired) electrons. The van der Waals surface area contributed by atoms with Gasteiger partial charge in [0.15, 0.2) is 5.76 Å². The molecule has 0 saturated heterocycles. The lowest BCUT2D eigenvalue weighted by atomic mass is 10.2. The number of nitrogens with zero attached hydrogens (tertiary/aromatic N) is 3. The second-order valence-electron chi connectivity index (χ2n) is 6.50. The van der Waals surface area contributed by atoms with Gasteiger partial charge in [0.2, 0.25) is 11.8 Å². The van der Waals surface area contributed by atoms with Crippen LogP contribution in [0.25, 0.3) is 11.7 Å². The molecular formula is C21H24N4O5. The van der Waals surface area contributed by atoms with E-state index in [9.17, 15) is 9.59 Å². The average molecular weight is 412 g/mol. The summed E-state index contributed by atoms with van der Waals surface area (Å²) >= 11 is 0. The van der Waals surface area contributed by atoms with Crippen molar-refractivity contribution in [2.75, 3.05) is 25.0 Å². The second-order valence-corrected chi connectivity index (χ2v) is 6.50. The fourth-order valence-electron chi connectivity index (χ4n) is 2.91. The summed E-state index contributed by atoms with van der Waals surface area (Å²) < 4.78 is 15.9. The number of rotatable bonds is 10. The predicted octanol–water partition coefficient (Wildman–Crippen LogP) is 3.36. The van der Waals surface area contributed by atoms with Crippen molar-refractivity contribution in [3.8, 4) is 11.7 Å². The molecular weight excluding hydrogens is 388 g/mol. The van der Waals surface area contributed by atoms with Crippen LogP contribution in [0.15, 0.2) is 51.5 Å². The van der Waals surface area contributed by atoms with E-state index in [1.807, 2.05) is 11.8 Å². The third kappa shape index (κ3) is 5.54. The Morgan fingerprint density at radius 3 is 2.70 bits per heavy atom. The summed E-state index contributed by atoms with van der Waals surface area (Å²) in [5.74, 6) is 0.430. The van der Waals surface area contributed by atoms with Crippen LogP contribution in [0.1, 0.15) is 36.5 Å². The summed E-state index contributed by atoms with van der Waals surface area (Å²) in [6.45, 7) is 5.08. The average Bonchev–Trinajstić information content (AvgIpc) is 3.40. The van der Waals surface area contributed by atoms with Crippen molar-refractivity contribution in [1.29, 1.82) is 0 Å². The number of benzene rings is 1. The highest BCUT2D eigenvalue weighted by atomic mass is 16.5. The first-order chi connectivity index (χ1) is 14.6. The molecule has 2 heterocycles. The topological polar surface area (TPSA) is 111 Å². The smallest absolute Gasteiger partial charge is 0.340 e. The van der Waals surface area contributed by atoms with Gasteiger partial charge in [-0.1, -0.05) is 19.1 Å². The zero-order chi connectivity index (χ0) is 21.3. The molecule has 9 nitrogen and oxygen atoms in total. The van der Waals surface area contributed by atoms with Gasteiger partial charge in [-0.25, -0.2) is 4.79 Å². The number of aromatic nitrogens is 2. The highest BCUT2D eigenvalue weighted by Crippen LogP contribution is 2.19. The largest absolute Gasteiger partial charge is 0.462 e. The van der Waals surface area contributed by atoms with E-state index in [0.29, 0.717) is 41.9 Å². The third-order valence-electron chi connectivity index (χ3n) is 4.16. The first kappa shape index (κ1) is 21.3. The van der Waals surface area contributed by atoms with Gasteiger partial charge in [0.1, 0.15) is 0 Å². The van der Waals surface area contributed by atoms with E-state index in [-0.39, 0.29) is 19.1 Å². The quantitative estimate of drug-likeness (QED) is 0.505. The van der Waals surface area contributed by atoms with Crippen LogP contribution in [-0.2, 0) is 16.1 Å². The fraction of sp³-hybridized carbons (Fsp3) is 0.333. The van der Waals surface area contributed by atoms with Crippen LogP contribution in [0, 0.1) is 0 Å². The standard InChI is InChI=1S/C21H24N4O5/c1-3-11-25(14-19-23-24-20(30-19)17-10-7-12-29-17)13-18(26)22-16-9-6-5-8-15(16)21(27)28-4-2/h5-10,12H,3-4,11,13-14H2,1-2H3,(H,22,26). The van der Waals surface area contributed by atoms with Crippen LogP contribution in [0.3, 0.4) is 0 Å². The SMILES string of the molecule is CCCN(CC(=O)Nc1ccccc1C(=O)OCC)Cc1nnc(-c2ccco2)o1. The number of esters is 1. The lowest BCUT2D eigenvalue weighted by Crippen LogP contribution is -2.34. The van der Waals surface area contributed by atoms with Crippen LogP contribution in [0.2, 0.25) is 0 Å².